The van der Waals surface area contributed by atoms with Crippen molar-refractivity contribution in [1.29, 1.82) is 0 Å². The number of fused-ring (bicyclic) bond motifs is 2. The number of ether oxygens (including phenoxy) is 4. The summed E-state index contributed by atoms with van der Waals surface area (Å²) >= 11 is 0. The molecule has 0 radical (unpaired) electrons. The predicted molar refractivity (Wildman–Crippen MR) is 208 cm³/mol. The summed E-state index contributed by atoms with van der Waals surface area (Å²) < 4.78 is 24.8. The van der Waals surface area contributed by atoms with E-state index in [-0.39, 0.29) is 67.1 Å². The molecule has 0 bridgehead atoms. The molecule has 4 aliphatic rings. The summed E-state index contributed by atoms with van der Waals surface area (Å²) in [6.45, 7) is 4.30. The van der Waals surface area contributed by atoms with Gasteiger partial charge >= 0.3 is 0 Å². The van der Waals surface area contributed by atoms with Crippen LogP contribution in [0.1, 0.15) is 52.0 Å². The van der Waals surface area contributed by atoms with Crippen molar-refractivity contribution in [1.82, 2.24) is 29.6 Å². The smallest absolute Gasteiger partial charge is 0.262 e. The Hall–Kier alpha value is -6.13. The second-order valence-corrected chi connectivity index (χ2v) is 15.3. The molecule has 1 unspecified atom stereocenters. The number of benzene rings is 2. The molecule has 1 spiro atoms. The maximum Gasteiger partial charge on any atom is 0.262 e. The fourth-order valence-electron chi connectivity index (χ4n) is 8.66. The summed E-state index contributed by atoms with van der Waals surface area (Å²) in [6, 6.07) is 9.30. The largest absolute Gasteiger partial charge is 0.496 e. The van der Waals surface area contributed by atoms with Gasteiger partial charge in [0.2, 0.25) is 17.7 Å². The molecular formula is C42H44N6O10. The summed E-state index contributed by atoms with van der Waals surface area (Å²) in [6.07, 6.45) is 6.38. The van der Waals surface area contributed by atoms with Crippen LogP contribution in [0.2, 0.25) is 0 Å². The number of hydrogen-bond acceptors (Lipinski definition) is 12. The van der Waals surface area contributed by atoms with E-state index < -0.39 is 29.7 Å². The van der Waals surface area contributed by atoms with Gasteiger partial charge in [0, 0.05) is 75.8 Å². The molecule has 16 nitrogen and oxygen atoms in total. The van der Waals surface area contributed by atoms with Gasteiger partial charge in [-0.25, -0.2) is 0 Å². The average Bonchev–Trinajstić information content (AvgIpc) is 3.76. The quantitative estimate of drug-likeness (QED) is 0.155. The second kappa shape index (κ2) is 15.7. The molecule has 16 heteroatoms. The lowest BCUT2D eigenvalue weighted by Gasteiger charge is -2.48. The molecule has 8 rings (SSSR count). The summed E-state index contributed by atoms with van der Waals surface area (Å²) in [5.41, 5.74) is 2.90. The van der Waals surface area contributed by atoms with Gasteiger partial charge in [-0.05, 0) is 60.2 Å². The van der Waals surface area contributed by atoms with E-state index in [1.807, 2.05) is 29.3 Å². The number of rotatable bonds is 13. The van der Waals surface area contributed by atoms with Crippen LogP contribution in [0, 0.1) is 5.41 Å². The SMILES string of the molecule is COc1cc(-c2cn(C)c(=O)c3cnccc23)cc(OC)c1CN1CC2(CCN(C(=O)CCOCCOc3ccc4c(c3)C(=O)N(C3CCC(=O)NC3=O)C4=O)C2)C1. The van der Waals surface area contributed by atoms with Crippen LogP contribution in [-0.4, -0.2) is 120 Å². The molecule has 302 valence electrons. The number of methoxy groups -OCH3 is 2. The fraction of sp³-hybridized carbons (Fsp3) is 0.405. The van der Waals surface area contributed by atoms with Gasteiger partial charge in [-0.3, -0.25) is 48.9 Å². The van der Waals surface area contributed by atoms with Crippen molar-refractivity contribution in [3.8, 4) is 28.4 Å². The third-order valence-electron chi connectivity index (χ3n) is 11.6. The van der Waals surface area contributed by atoms with Crippen LogP contribution in [0.3, 0.4) is 0 Å². The van der Waals surface area contributed by atoms with Crippen molar-refractivity contribution < 1.29 is 42.9 Å². The van der Waals surface area contributed by atoms with Crippen molar-refractivity contribution in [2.24, 2.45) is 12.5 Å². The van der Waals surface area contributed by atoms with Crippen LogP contribution in [0.5, 0.6) is 17.2 Å². The zero-order valence-corrected chi connectivity index (χ0v) is 32.6. The van der Waals surface area contributed by atoms with Gasteiger partial charge in [0.05, 0.1) is 55.9 Å². The summed E-state index contributed by atoms with van der Waals surface area (Å²) in [5.74, 6) is -0.492. The first kappa shape index (κ1) is 38.7. The molecule has 1 atom stereocenters. The first-order valence-corrected chi connectivity index (χ1v) is 19.2. The topological polar surface area (TPSA) is 179 Å². The number of imide groups is 2. The Bertz CT molecular complexity index is 2380. The highest BCUT2D eigenvalue weighted by Gasteiger charge is 2.49. The van der Waals surface area contributed by atoms with Gasteiger partial charge < -0.3 is 28.4 Å². The van der Waals surface area contributed by atoms with Crippen molar-refractivity contribution in [2.75, 3.05) is 60.2 Å². The molecule has 1 N–H and O–H groups in total. The molecule has 6 heterocycles. The van der Waals surface area contributed by atoms with Crippen molar-refractivity contribution in [3.05, 3.63) is 82.0 Å². The highest BCUT2D eigenvalue weighted by Crippen LogP contribution is 2.43. The molecule has 2 aromatic heterocycles. The average molecular weight is 793 g/mol. The maximum absolute atomic E-state index is 13.1. The Balaban J connectivity index is 0.792. The fourth-order valence-corrected chi connectivity index (χ4v) is 8.66. The lowest BCUT2D eigenvalue weighted by molar-refractivity contribution is -0.136. The number of carbonyl (C=O) groups is 5. The number of piperidine rings is 1. The van der Waals surface area contributed by atoms with Crippen molar-refractivity contribution in [3.63, 3.8) is 0 Å². The van der Waals surface area contributed by atoms with Gasteiger partial charge in [0.25, 0.3) is 17.4 Å². The third-order valence-corrected chi connectivity index (χ3v) is 11.6. The van der Waals surface area contributed by atoms with Gasteiger partial charge in [-0.1, -0.05) is 0 Å². The minimum atomic E-state index is -1.04. The first-order valence-electron chi connectivity index (χ1n) is 19.2. The third kappa shape index (κ3) is 7.17. The molecule has 3 fully saturated rings. The minimum absolute atomic E-state index is 0.0350. The van der Waals surface area contributed by atoms with E-state index in [2.05, 4.69) is 15.2 Å². The Kier molecular flexibility index (Phi) is 10.5. The van der Waals surface area contributed by atoms with E-state index in [1.165, 1.54) is 12.1 Å². The van der Waals surface area contributed by atoms with Crippen LogP contribution in [-0.2, 0) is 32.7 Å². The Labute approximate surface area is 333 Å². The van der Waals surface area contributed by atoms with Crippen molar-refractivity contribution in [2.45, 2.75) is 38.3 Å². The number of nitrogens with one attached hydrogen (secondary N) is 1. The number of aromatic nitrogens is 2. The maximum atomic E-state index is 13.1. The number of carbonyl (C=O) groups excluding carboxylic acids is 5. The molecule has 2 aromatic carbocycles. The standard InChI is InChI=1S/C42H44N6O10/c1-45-20-31(27-8-11-43-19-30(27)39(45)52)25-16-34(55-2)32(35(17-25)56-3)21-46-22-42(23-46)10-12-47(24-42)37(50)9-13-57-14-15-58-26-4-5-28-29(18-26)41(54)48(40(28)53)33-6-7-36(49)44-38(33)51/h4-5,8,11,16-20,33H,6-7,9-10,12-15,21-24H2,1-3H3,(H,44,49,51). The number of hydrogen-bond donors (Lipinski definition) is 1. The lowest BCUT2D eigenvalue weighted by Crippen LogP contribution is -2.57. The zero-order chi connectivity index (χ0) is 40.7. The molecule has 0 aliphatic carbocycles. The number of aryl methyl sites for hydroxylation is 1. The van der Waals surface area contributed by atoms with Gasteiger partial charge in [0.1, 0.15) is 29.9 Å². The van der Waals surface area contributed by atoms with Crippen LogP contribution >= 0.6 is 0 Å². The zero-order valence-electron chi connectivity index (χ0n) is 32.6. The Morgan fingerprint density at radius 2 is 1.66 bits per heavy atom. The Morgan fingerprint density at radius 1 is 0.897 bits per heavy atom. The number of pyridine rings is 2. The molecular weight excluding hydrogens is 748 g/mol. The van der Waals surface area contributed by atoms with Crippen LogP contribution in [0.25, 0.3) is 21.9 Å². The van der Waals surface area contributed by atoms with E-state index in [4.69, 9.17) is 18.9 Å². The van der Waals surface area contributed by atoms with Crippen molar-refractivity contribution >= 4 is 40.3 Å². The van der Waals surface area contributed by atoms with E-state index >= 15 is 0 Å². The predicted octanol–water partition coefficient (Wildman–Crippen LogP) is 2.54. The van der Waals surface area contributed by atoms with Gasteiger partial charge in [-0.2, -0.15) is 0 Å². The van der Waals surface area contributed by atoms with E-state index in [9.17, 15) is 28.8 Å². The molecule has 5 amide bonds. The van der Waals surface area contributed by atoms with Crippen LogP contribution in [0.4, 0.5) is 0 Å². The summed E-state index contributed by atoms with van der Waals surface area (Å²) in [4.78, 5) is 85.1. The first-order chi connectivity index (χ1) is 28.0. The van der Waals surface area contributed by atoms with Crippen LogP contribution in [0.15, 0.2) is 59.8 Å². The molecule has 0 saturated carbocycles. The summed E-state index contributed by atoms with van der Waals surface area (Å²) in [5, 5.41) is 3.52. The number of amides is 5. The number of likely N-dealkylation sites (tertiary alicyclic amines) is 2. The molecule has 58 heavy (non-hydrogen) atoms. The van der Waals surface area contributed by atoms with Gasteiger partial charge in [-0.15, -0.1) is 0 Å². The second-order valence-electron chi connectivity index (χ2n) is 15.3. The Morgan fingerprint density at radius 3 is 2.40 bits per heavy atom. The highest BCUT2D eigenvalue weighted by molar-refractivity contribution is 6.23. The lowest BCUT2D eigenvalue weighted by atomic mass is 9.79. The van der Waals surface area contributed by atoms with E-state index in [0.717, 1.165) is 46.5 Å². The van der Waals surface area contributed by atoms with E-state index in [0.29, 0.717) is 42.3 Å². The molecule has 4 aliphatic heterocycles. The van der Waals surface area contributed by atoms with Crippen LogP contribution < -0.4 is 25.1 Å². The minimum Gasteiger partial charge on any atom is -0.496 e. The monoisotopic (exact) mass is 792 g/mol. The summed E-state index contributed by atoms with van der Waals surface area (Å²) in [7, 11) is 5.01. The number of nitrogens with zero attached hydrogens (tertiary/aromatic N) is 5. The molecule has 4 aromatic rings. The normalized spacial score (nSPS) is 18.8. The molecule has 3 saturated heterocycles. The van der Waals surface area contributed by atoms with Gasteiger partial charge in [0.15, 0.2) is 0 Å². The highest BCUT2D eigenvalue weighted by atomic mass is 16.5. The van der Waals surface area contributed by atoms with E-state index in [1.54, 1.807) is 44.3 Å².